The summed E-state index contributed by atoms with van der Waals surface area (Å²) in [5.41, 5.74) is 0.496. The summed E-state index contributed by atoms with van der Waals surface area (Å²) < 4.78 is 32.1. The summed E-state index contributed by atoms with van der Waals surface area (Å²) in [5, 5.41) is 12.7. The molecule has 0 saturated heterocycles. The van der Waals surface area contributed by atoms with E-state index in [2.05, 4.69) is 5.10 Å². The molecule has 20 heavy (non-hydrogen) atoms. The van der Waals surface area contributed by atoms with Crippen molar-refractivity contribution in [1.82, 2.24) is 9.78 Å². The van der Waals surface area contributed by atoms with Crippen molar-refractivity contribution in [2.75, 3.05) is 7.11 Å². The first-order chi connectivity index (χ1) is 9.43. The second-order valence-corrected chi connectivity index (χ2v) is 4.10. The Labute approximate surface area is 113 Å². The summed E-state index contributed by atoms with van der Waals surface area (Å²) in [6.07, 6.45) is -2.68. The maximum Gasteiger partial charge on any atom is 0.356 e. The number of halogens is 2. The van der Waals surface area contributed by atoms with Gasteiger partial charge in [0.25, 0.3) is 6.43 Å². The molecule has 2 aromatic rings. The summed E-state index contributed by atoms with van der Waals surface area (Å²) in [4.78, 5) is 10.9. The normalized spacial score (nSPS) is 10.8. The average molecular weight is 282 g/mol. The number of carboxylic acids is 1. The molecular weight excluding hydrogens is 270 g/mol. The Kier molecular flexibility index (Phi) is 3.69. The third-order valence-electron chi connectivity index (χ3n) is 2.86. The number of aromatic nitrogens is 2. The van der Waals surface area contributed by atoms with Crippen LogP contribution < -0.4 is 4.74 Å². The van der Waals surface area contributed by atoms with E-state index in [9.17, 15) is 13.6 Å². The van der Waals surface area contributed by atoms with Gasteiger partial charge in [-0.2, -0.15) is 5.10 Å². The van der Waals surface area contributed by atoms with E-state index in [0.29, 0.717) is 11.3 Å². The zero-order valence-electron chi connectivity index (χ0n) is 10.8. The molecule has 0 radical (unpaired) electrons. The number of nitrogens with zero attached hydrogens (tertiary/aromatic N) is 2. The van der Waals surface area contributed by atoms with Crippen LogP contribution in [-0.4, -0.2) is 28.0 Å². The number of carbonyl (C=O) groups is 1. The molecule has 7 heteroatoms. The summed E-state index contributed by atoms with van der Waals surface area (Å²) >= 11 is 0. The molecule has 0 amide bonds. The van der Waals surface area contributed by atoms with Crippen LogP contribution >= 0.6 is 0 Å². The zero-order valence-corrected chi connectivity index (χ0v) is 10.8. The van der Waals surface area contributed by atoms with Crippen molar-refractivity contribution in [3.8, 4) is 17.0 Å². The van der Waals surface area contributed by atoms with Crippen LogP contribution in [0.1, 0.15) is 22.5 Å². The van der Waals surface area contributed by atoms with E-state index in [1.807, 2.05) is 0 Å². The Bertz CT molecular complexity index is 653. The monoisotopic (exact) mass is 282 g/mol. The minimum absolute atomic E-state index is 0.0874. The Morgan fingerprint density at radius 3 is 2.60 bits per heavy atom. The van der Waals surface area contributed by atoms with Gasteiger partial charge in [-0.25, -0.2) is 13.6 Å². The first-order valence-corrected chi connectivity index (χ1v) is 5.68. The summed E-state index contributed by atoms with van der Waals surface area (Å²) in [6, 6.07) is 5.60. The molecule has 1 heterocycles. The molecule has 0 saturated carbocycles. The standard InChI is InChI=1S/C13H12F2N2O3/c1-17-10(6-9(16-17)13(18)19)7-3-4-11(20-2)8(5-7)12(14)15/h3-6,12H,1-2H3,(H,18,19). The van der Waals surface area contributed by atoms with Gasteiger partial charge in [0, 0.05) is 12.6 Å². The van der Waals surface area contributed by atoms with Crippen molar-refractivity contribution in [3.05, 3.63) is 35.5 Å². The summed E-state index contributed by atoms with van der Waals surface area (Å²) in [7, 11) is 2.86. The van der Waals surface area contributed by atoms with Crippen molar-refractivity contribution < 1.29 is 23.4 Å². The molecular formula is C13H12F2N2O3. The molecule has 0 unspecified atom stereocenters. The van der Waals surface area contributed by atoms with Gasteiger partial charge in [-0.15, -0.1) is 0 Å². The number of alkyl halides is 2. The largest absolute Gasteiger partial charge is 0.496 e. The SMILES string of the molecule is COc1ccc(-c2cc(C(=O)O)nn2C)cc1C(F)F. The highest BCUT2D eigenvalue weighted by molar-refractivity contribution is 5.87. The second-order valence-electron chi connectivity index (χ2n) is 4.10. The van der Waals surface area contributed by atoms with E-state index in [-0.39, 0.29) is 17.0 Å². The average Bonchev–Trinajstić information content (AvgIpc) is 2.80. The van der Waals surface area contributed by atoms with Gasteiger partial charge in [-0.3, -0.25) is 4.68 Å². The molecule has 106 valence electrons. The van der Waals surface area contributed by atoms with Crippen LogP contribution in [0.15, 0.2) is 24.3 Å². The van der Waals surface area contributed by atoms with Crippen LogP contribution in [0.2, 0.25) is 0 Å². The molecule has 0 fully saturated rings. The van der Waals surface area contributed by atoms with Gasteiger partial charge in [0.05, 0.1) is 18.4 Å². The lowest BCUT2D eigenvalue weighted by Crippen LogP contribution is -1.99. The fraction of sp³-hybridized carbons (Fsp3) is 0.231. The van der Waals surface area contributed by atoms with Crippen LogP contribution in [-0.2, 0) is 7.05 Å². The molecule has 0 aliphatic rings. The Morgan fingerprint density at radius 2 is 2.10 bits per heavy atom. The molecule has 2 rings (SSSR count). The lowest BCUT2D eigenvalue weighted by molar-refractivity contribution is 0.0689. The maximum absolute atomic E-state index is 12.9. The number of hydrogen-bond donors (Lipinski definition) is 1. The number of aryl methyl sites for hydroxylation is 1. The Balaban J connectivity index is 2.53. The van der Waals surface area contributed by atoms with E-state index in [4.69, 9.17) is 9.84 Å². The first kappa shape index (κ1) is 14.0. The fourth-order valence-corrected chi connectivity index (χ4v) is 1.91. The molecule has 0 bridgehead atoms. The summed E-state index contributed by atoms with van der Waals surface area (Å²) in [6.45, 7) is 0. The molecule has 0 atom stereocenters. The topological polar surface area (TPSA) is 64.3 Å². The summed E-state index contributed by atoms with van der Waals surface area (Å²) in [5.74, 6) is -1.08. The molecule has 0 aliphatic carbocycles. The van der Waals surface area contributed by atoms with Crippen molar-refractivity contribution >= 4 is 5.97 Å². The predicted molar refractivity (Wildman–Crippen MR) is 67.1 cm³/mol. The third kappa shape index (κ3) is 2.47. The molecule has 1 aromatic heterocycles. The Morgan fingerprint density at radius 1 is 1.40 bits per heavy atom. The first-order valence-electron chi connectivity index (χ1n) is 5.68. The van der Waals surface area contributed by atoms with Gasteiger partial charge in [-0.1, -0.05) is 0 Å². The minimum atomic E-state index is -2.68. The molecule has 1 aromatic carbocycles. The minimum Gasteiger partial charge on any atom is -0.496 e. The van der Waals surface area contributed by atoms with E-state index in [0.717, 1.165) is 0 Å². The molecule has 5 nitrogen and oxygen atoms in total. The van der Waals surface area contributed by atoms with E-state index in [1.165, 1.54) is 30.0 Å². The van der Waals surface area contributed by atoms with Crippen molar-refractivity contribution in [3.63, 3.8) is 0 Å². The zero-order chi connectivity index (χ0) is 14.9. The fourth-order valence-electron chi connectivity index (χ4n) is 1.91. The van der Waals surface area contributed by atoms with Crippen molar-refractivity contribution in [2.45, 2.75) is 6.43 Å². The smallest absolute Gasteiger partial charge is 0.356 e. The predicted octanol–water partition coefficient (Wildman–Crippen LogP) is 2.73. The van der Waals surface area contributed by atoms with Gasteiger partial charge < -0.3 is 9.84 Å². The molecule has 0 aliphatic heterocycles. The van der Waals surface area contributed by atoms with Crippen molar-refractivity contribution in [2.24, 2.45) is 7.05 Å². The van der Waals surface area contributed by atoms with Crippen molar-refractivity contribution in [1.29, 1.82) is 0 Å². The Hall–Kier alpha value is -2.44. The van der Waals surface area contributed by atoms with Gasteiger partial charge in [0.15, 0.2) is 5.69 Å². The van der Waals surface area contributed by atoms with E-state index in [1.54, 1.807) is 13.1 Å². The van der Waals surface area contributed by atoms with E-state index < -0.39 is 12.4 Å². The van der Waals surface area contributed by atoms with Gasteiger partial charge in [-0.05, 0) is 24.3 Å². The van der Waals surface area contributed by atoms with E-state index >= 15 is 0 Å². The molecule has 1 N–H and O–H groups in total. The highest BCUT2D eigenvalue weighted by atomic mass is 19.3. The third-order valence-corrected chi connectivity index (χ3v) is 2.86. The number of aromatic carboxylic acids is 1. The van der Waals surface area contributed by atoms with Crippen LogP contribution in [0.25, 0.3) is 11.3 Å². The van der Waals surface area contributed by atoms with Crippen LogP contribution in [0.4, 0.5) is 8.78 Å². The number of methoxy groups -OCH3 is 1. The number of benzene rings is 1. The number of ether oxygens (including phenoxy) is 1. The number of carboxylic acid groups (broad SMARTS) is 1. The lowest BCUT2D eigenvalue weighted by atomic mass is 10.1. The van der Waals surface area contributed by atoms with Crippen LogP contribution in [0.5, 0.6) is 5.75 Å². The van der Waals surface area contributed by atoms with Gasteiger partial charge in [0.1, 0.15) is 5.75 Å². The second kappa shape index (κ2) is 5.28. The van der Waals surface area contributed by atoms with Gasteiger partial charge in [0.2, 0.25) is 0 Å². The van der Waals surface area contributed by atoms with Gasteiger partial charge >= 0.3 is 5.97 Å². The molecule has 0 spiro atoms. The number of hydrogen-bond acceptors (Lipinski definition) is 3. The maximum atomic E-state index is 12.9. The number of rotatable bonds is 4. The lowest BCUT2D eigenvalue weighted by Gasteiger charge is -2.10. The van der Waals surface area contributed by atoms with Crippen LogP contribution in [0.3, 0.4) is 0 Å². The highest BCUT2D eigenvalue weighted by Gasteiger charge is 2.18. The quantitative estimate of drug-likeness (QED) is 0.936. The highest BCUT2D eigenvalue weighted by Crippen LogP contribution is 2.33. The van der Waals surface area contributed by atoms with Crippen LogP contribution in [0, 0.1) is 0 Å².